The average molecular weight is 931 g/mol. The number of sulfonamides is 1. The van der Waals surface area contributed by atoms with Crippen LogP contribution >= 0.6 is 11.3 Å². The topological polar surface area (TPSA) is 179 Å². The fourth-order valence-corrected chi connectivity index (χ4v) is 11.3. The number of hydrogen-bond donors (Lipinski definition) is 2. The second kappa shape index (κ2) is 17.6. The first-order chi connectivity index (χ1) is 30.7. The molecule has 0 radical (unpaired) electrons. The Hall–Kier alpha value is -5.16. The van der Waals surface area contributed by atoms with Crippen LogP contribution < -0.4 is 14.8 Å². The normalized spacial score (nSPS) is 25.3. The van der Waals surface area contributed by atoms with Crippen molar-refractivity contribution in [2.45, 2.75) is 147 Å². The second-order valence-electron chi connectivity index (χ2n) is 19.8. The molecule has 8 rings (SSSR count). The summed E-state index contributed by atoms with van der Waals surface area (Å²) in [5, 5.41) is 5.36. The third-order valence-electron chi connectivity index (χ3n) is 13.1. The van der Waals surface area contributed by atoms with Gasteiger partial charge in [0.2, 0.25) is 21.8 Å². The highest BCUT2D eigenvalue weighted by Gasteiger charge is 2.62. The Morgan fingerprint density at radius 3 is 2.54 bits per heavy atom. The summed E-state index contributed by atoms with van der Waals surface area (Å²) < 4.78 is 56.6. The third kappa shape index (κ3) is 9.72. The number of alkyl carbamates (subject to hydrolysis) is 1. The molecule has 2 aromatic heterocycles. The van der Waals surface area contributed by atoms with Crippen molar-refractivity contribution in [2.24, 2.45) is 11.3 Å². The predicted octanol–water partition coefficient (Wildman–Crippen LogP) is 8.58. The van der Waals surface area contributed by atoms with Crippen LogP contribution in [0.25, 0.3) is 32.9 Å². The van der Waals surface area contributed by atoms with Crippen molar-refractivity contribution in [3.8, 4) is 27.8 Å². The molecule has 3 fully saturated rings. The number of imidazole rings is 1. The van der Waals surface area contributed by atoms with Gasteiger partial charge in [-0.3, -0.25) is 23.7 Å². The molecule has 0 bridgehead atoms. The minimum atomic E-state index is -3.99. The van der Waals surface area contributed by atoms with Crippen LogP contribution in [-0.2, 0) is 29.1 Å². The first-order valence-electron chi connectivity index (χ1n) is 22.6. The zero-order valence-corrected chi connectivity index (χ0v) is 39.7. The van der Waals surface area contributed by atoms with E-state index in [2.05, 4.69) is 10.0 Å². The number of benzene rings is 2. The van der Waals surface area contributed by atoms with Crippen LogP contribution in [0.5, 0.6) is 6.01 Å². The van der Waals surface area contributed by atoms with Crippen LogP contribution in [-0.4, -0.2) is 86.6 Å². The van der Waals surface area contributed by atoms with Crippen LogP contribution in [0.4, 0.5) is 9.18 Å². The Morgan fingerprint density at radius 2 is 1.83 bits per heavy atom. The molecule has 2 N–H and O–H groups in total. The van der Waals surface area contributed by atoms with Gasteiger partial charge in [0.15, 0.2) is 5.78 Å². The molecule has 17 heteroatoms. The van der Waals surface area contributed by atoms with Gasteiger partial charge in [-0.1, -0.05) is 37.1 Å². The van der Waals surface area contributed by atoms with Gasteiger partial charge in [-0.25, -0.2) is 22.6 Å². The number of hydrogen-bond acceptors (Lipinski definition) is 11. The van der Waals surface area contributed by atoms with E-state index in [-0.39, 0.29) is 43.2 Å². The monoisotopic (exact) mass is 930 g/mol. The second-order valence-corrected chi connectivity index (χ2v) is 22.9. The highest BCUT2D eigenvalue weighted by molar-refractivity contribution is 7.91. The Morgan fingerprint density at radius 1 is 1.06 bits per heavy atom. The summed E-state index contributed by atoms with van der Waals surface area (Å²) in [6.07, 6.45) is 6.54. The minimum Gasteiger partial charge on any atom is -0.459 e. The molecule has 65 heavy (non-hydrogen) atoms. The quantitative estimate of drug-likeness (QED) is 0.155. The van der Waals surface area contributed by atoms with E-state index in [9.17, 15) is 32.0 Å². The van der Waals surface area contributed by atoms with E-state index in [4.69, 9.17) is 19.4 Å². The average Bonchev–Trinajstić information content (AvgIpc) is 3.89. The molecule has 4 aliphatic rings. The van der Waals surface area contributed by atoms with Gasteiger partial charge in [-0.05, 0) is 123 Å². The standard InChI is InChI=1S/C48H59FN6O8S2/c1-28(2)55-37-17-13-15-34(36-27-64-41(50-36)30-20-29(3)21-32(49)22-30)40(37)52-44(55)62-33-23-38-39(56)25-48(43(58)53-65(60,61)47(7)18-19-47)24-31(48)14-11-9-8-10-12-16-35(42(57)54(38)26-33)51-45(59)63-46(4,5)6/h11,13-15,17,20-22,27-28,31,33,35,38H,8-10,12,16,18-19,23-26H2,1-7H3,(H,51,59)(H,53,58)/b14-11-/t31-,33-,35+,38+,48-/m1/s1. The van der Waals surface area contributed by atoms with Crippen molar-refractivity contribution in [1.29, 1.82) is 0 Å². The summed E-state index contributed by atoms with van der Waals surface area (Å²) in [7, 11) is -3.99. The lowest BCUT2D eigenvalue weighted by Gasteiger charge is -2.30. The minimum absolute atomic E-state index is 0.0202. The van der Waals surface area contributed by atoms with Crippen molar-refractivity contribution in [3.63, 3.8) is 0 Å². The first-order valence-corrected chi connectivity index (χ1v) is 25.0. The summed E-state index contributed by atoms with van der Waals surface area (Å²) in [4.78, 5) is 68.3. The van der Waals surface area contributed by atoms with E-state index in [0.717, 1.165) is 29.5 Å². The van der Waals surface area contributed by atoms with E-state index < -0.39 is 67.7 Å². The van der Waals surface area contributed by atoms with Crippen LogP contribution in [0.1, 0.15) is 117 Å². The molecule has 2 aliphatic carbocycles. The number of aryl methyl sites for hydroxylation is 1. The summed E-state index contributed by atoms with van der Waals surface area (Å²) in [6.45, 7) is 12.6. The number of Topliss-reactive ketones (excluding diaryl/α,β-unsaturated/α-hetero) is 1. The number of ketones is 1. The molecule has 1 saturated heterocycles. The Bertz CT molecular complexity index is 2640. The number of ether oxygens (including phenoxy) is 2. The molecule has 2 saturated carbocycles. The van der Waals surface area contributed by atoms with Crippen molar-refractivity contribution in [2.75, 3.05) is 6.54 Å². The number of rotatable bonds is 9. The van der Waals surface area contributed by atoms with Crippen molar-refractivity contribution in [3.05, 3.63) is 65.3 Å². The number of nitrogens with one attached hydrogen (secondary N) is 2. The van der Waals surface area contributed by atoms with Crippen LogP contribution in [0.2, 0.25) is 0 Å². The number of amides is 3. The highest BCUT2D eigenvalue weighted by atomic mass is 32.2. The molecule has 4 heterocycles. The number of para-hydroxylation sites is 1. The number of aromatic nitrogens is 3. The third-order valence-corrected chi connectivity index (χ3v) is 16.1. The Labute approximate surface area is 383 Å². The maximum absolute atomic E-state index is 14.8. The van der Waals surface area contributed by atoms with Crippen LogP contribution in [0, 0.1) is 24.1 Å². The number of allylic oxidation sites excluding steroid dienone is 2. The zero-order valence-electron chi connectivity index (χ0n) is 38.1. The number of carbonyl (C=O) groups excluding carboxylic acids is 4. The molecular formula is C48H59FN6O8S2. The van der Waals surface area contributed by atoms with E-state index in [1.54, 1.807) is 27.7 Å². The van der Waals surface area contributed by atoms with Crippen LogP contribution in [0.3, 0.4) is 0 Å². The van der Waals surface area contributed by atoms with Gasteiger partial charge in [0, 0.05) is 35.4 Å². The van der Waals surface area contributed by atoms with Gasteiger partial charge in [-0.15, -0.1) is 11.3 Å². The fourth-order valence-electron chi connectivity index (χ4n) is 9.16. The van der Waals surface area contributed by atoms with E-state index in [0.29, 0.717) is 60.3 Å². The lowest BCUT2D eigenvalue weighted by atomic mass is 9.91. The maximum atomic E-state index is 14.8. The fraction of sp³-hybridized carbons (Fsp3) is 0.542. The van der Waals surface area contributed by atoms with Gasteiger partial charge < -0.3 is 19.7 Å². The zero-order chi connectivity index (χ0) is 46.6. The SMILES string of the molecule is Cc1cc(F)cc(-c2nc(-c3cccc4c3nc(O[C@@H]3C[C@H]5C(=O)C[C@]6(C(=O)NS(=O)(=O)C7(C)CC7)C[C@H]6/C=C\CCCCC[C@H](NC(=O)OC(C)(C)C)C(=O)N5C3)n4C(C)C)cs2)c1. The van der Waals surface area contributed by atoms with Crippen molar-refractivity contribution in [1.82, 2.24) is 29.5 Å². The smallest absolute Gasteiger partial charge is 0.408 e. The van der Waals surface area contributed by atoms with Gasteiger partial charge >= 0.3 is 6.09 Å². The summed E-state index contributed by atoms with van der Waals surface area (Å²) >= 11 is 1.40. The molecule has 348 valence electrons. The number of thiazole rings is 1. The van der Waals surface area contributed by atoms with Crippen molar-refractivity contribution >= 4 is 56.1 Å². The summed E-state index contributed by atoms with van der Waals surface area (Å²) in [5.41, 5.74) is 2.15. The van der Waals surface area contributed by atoms with E-state index in [1.807, 2.05) is 67.1 Å². The molecule has 14 nitrogen and oxygen atoms in total. The van der Waals surface area contributed by atoms with Gasteiger partial charge in [-0.2, -0.15) is 4.98 Å². The largest absolute Gasteiger partial charge is 0.459 e. The van der Waals surface area contributed by atoms with E-state index >= 15 is 0 Å². The van der Waals surface area contributed by atoms with Crippen LogP contribution in [0.15, 0.2) is 53.9 Å². The van der Waals surface area contributed by atoms with Gasteiger partial charge in [0.25, 0.3) is 6.01 Å². The van der Waals surface area contributed by atoms with E-state index in [1.165, 1.54) is 28.4 Å². The Kier molecular flexibility index (Phi) is 12.5. The molecule has 2 aromatic carbocycles. The summed E-state index contributed by atoms with van der Waals surface area (Å²) in [6, 6.07) is 8.67. The lowest BCUT2D eigenvalue weighted by molar-refractivity contribution is -0.140. The number of carbonyl (C=O) groups is 4. The van der Waals surface area contributed by atoms with Crippen molar-refractivity contribution < 1.29 is 41.5 Å². The number of nitrogens with zero attached hydrogens (tertiary/aromatic N) is 4. The number of fused-ring (bicyclic) bond motifs is 3. The van der Waals surface area contributed by atoms with Gasteiger partial charge in [0.05, 0.1) is 34.0 Å². The van der Waals surface area contributed by atoms with Gasteiger partial charge in [0.1, 0.15) is 34.1 Å². The lowest BCUT2D eigenvalue weighted by Crippen LogP contribution is -2.53. The molecule has 5 atom stereocenters. The molecular weight excluding hydrogens is 872 g/mol. The molecule has 4 aromatic rings. The number of halogens is 1. The maximum Gasteiger partial charge on any atom is 0.408 e. The highest BCUT2D eigenvalue weighted by Crippen LogP contribution is 2.57. The summed E-state index contributed by atoms with van der Waals surface area (Å²) in [5.74, 6) is -2.27. The molecule has 2 aliphatic heterocycles. The predicted molar refractivity (Wildman–Crippen MR) is 246 cm³/mol. The Balaban J connectivity index is 1.12. The molecule has 3 amide bonds. The first kappa shape index (κ1) is 46.4. The molecule has 0 spiro atoms. The molecule has 0 unspecified atom stereocenters.